The summed E-state index contributed by atoms with van der Waals surface area (Å²) >= 11 is 0. The SMILES string of the molecule is CC(=O)Nc1ccc(NC=CC#N)c(C(=O)O)c1. The van der Waals surface area contributed by atoms with Crippen molar-refractivity contribution in [2.45, 2.75) is 6.92 Å². The summed E-state index contributed by atoms with van der Waals surface area (Å²) in [7, 11) is 0. The van der Waals surface area contributed by atoms with E-state index in [1.54, 1.807) is 12.1 Å². The minimum absolute atomic E-state index is 0.00356. The van der Waals surface area contributed by atoms with Crippen LogP contribution in [0.1, 0.15) is 17.3 Å². The summed E-state index contributed by atoms with van der Waals surface area (Å²) in [6, 6.07) is 6.19. The zero-order chi connectivity index (χ0) is 13.5. The maximum absolute atomic E-state index is 11.1. The van der Waals surface area contributed by atoms with Crippen molar-refractivity contribution in [3.8, 4) is 6.07 Å². The third-order valence-corrected chi connectivity index (χ3v) is 1.97. The van der Waals surface area contributed by atoms with Gasteiger partial charge in [-0.25, -0.2) is 4.79 Å². The Labute approximate surface area is 104 Å². The second-order valence-corrected chi connectivity index (χ2v) is 3.35. The molecule has 0 aromatic heterocycles. The highest BCUT2D eigenvalue weighted by Gasteiger charge is 2.10. The van der Waals surface area contributed by atoms with Crippen LogP contribution in [0.2, 0.25) is 0 Å². The summed E-state index contributed by atoms with van der Waals surface area (Å²) in [5.74, 6) is -1.41. The zero-order valence-electron chi connectivity index (χ0n) is 9.60. The summed E-state index contributed by atoms with van der Waals surface area (Å²) in [6.45, 7) is 1.34. The summed E-state index contributed by atoms with van der Waals surface area (Å²) in [4.78, 5) is 21.9. The molecule has 0 aliphatic heterocycles. The van der Waals surface area contributed by atoms with Crippen LogP contribution in [0, 0.1) is 11.3 Å². The van der Waals surface area contributed by atoms with Gasteiger partial charge in [0.2, 0.25) is 5.91 Å². The number of carboxylic acid groups (broad SMARTS) is 1. The van der Waals surface area contributed by atoms with Crippen molar-refractivity contribution in [2.75, 3.05) is 10.6 Å². The number of carbonyl (C=O) groups is 2. The molecule has 0 heterocycles. The smallest absolute Gasteiger partial charge is 0.337 e. The normalized spacial score (nSPS) is 9.78. The maximum Gasteiger partial charge on any atom is 0.337 e. The minimum atomic E-state index is -1.13. The monoisotopic (exact) mass is 245 g/mol. The molecule has 1 aromatic rings. The fourth-order valence-corrected chi connectivity index (χ4v) is 1.30. The van der Waals surface area contributed by atoms with E-state index in [1.807, 2.05) is 0 Å². The first-order chi connectivity index (χ1) is 8.54. The average Bonchev–Trinajstić information content (AvgIpc) is 2.30. The molecule has 0 fully saturated rings. The van der Waals surface area contributed by atoms with E-state index < -0.39 is 5.97 Å². The Balaban J connectivity index is 3.05. The van der Waals surface area contributed by atoms with Crippen molar-refractivity contribution >= 4 is 23.3 Å². The molecule has 0 aliphatic rings. The third-order valence-electron chi connectivity index (χ3n) is 1.97. The van der Waals surface area contributed by atoms with Crippen LogP contribution in [-0.4, -0.2) is 17.0 Å². The van der Waals surface area contributed by atoms with Crippen LogP contribution in [0.5, 0.6) is 0 Å². The highest BCUT2D eigenvalue weighted by molar-refractivity contribution is 5.97. The molecule has 1 rings (SSSR count). The third kappa shape index (κ3) is 3.64. The summed E-state index contributed by atoms with van der Waals surface area (Å²) in [5, 5.41) is 22.5. The van der Waals surface area contributed by atoms with E-state index in [1.165, 1.54) is 31.3 Å². The first kappa shape index (κ1) is 13.3. The van der Waals surface area contributed by atoms with Crippen molar-refractivity contribution < 1.29 is 14.7 Å². The Bertz CT molecular complexity index is 544. The van der Waals surface area contributed by atoms with Crippen LogP contribution < -0.4 is 10.6 Å². The molecule has 1 amide bonds. The predicted molar refractivity (Wildman–Crippen MR) is 66.1 cm³/mol. The van der Waals surface area contributed by atoms with Gasteiger partial charge in [-0.15, -0.1) is 0 Å². The number of nitrogens with zero attached hydrogens (tertiary/aromatic N) is 1. The van der Waals surface area contributed by atoms with E-state index in [0.717, 1.165) is 0 Å². The molecule has 6 heteroatoms. The van der Waals surface area contributed by atoms with E-state index in [9.17, 15) is 9.59 Å². The van der Waals surface area contributed by atoms with E-state index in [4.69, 9.17) is 10.4 Å². The molecule has 0 saturated heterocycles. The number of carboxylic acids is 1. The van der Waals surface area contributed by atoms with Gasteiger partial charge in [0.1, 0.15) is 0 Å². The first-order valence-electron chi connectivity index (χ1n) is 5.00. The predicted octanol–water partition coefficient (Wildman–Crippen LogP) is 1.79. The summed E-state index contributed by atoms with van der Waals surface area (Å²) in [6.07, 6.45) is 2.52. The first-order valence-corrected chi connectivity index (χ1v) is 5.00. The van der Waals surface area contributed by atoms with Crippen LogP contribution in [0.15, 0.2) is 30.5 Å². The number of rotatable bonds is 4. The van der Waals surface area contributed by atoms with Crippen LogP contribution in [0.3, 0.4) is 0 Å². The van der Waals surface area contributed by atoms with Crippen molar-refractivity contribution in [3.05, 3.63) is 36.0 Å². The molecule has 0 atom stereocenters. The van der Waals surface area contributed by atoms with Gasteiger partial charge in [-0.3, -0.25) is 4.79 Å². The Morgan fingerprint density at radius 3 is 2.72 bits per heavy atom. The second kappa shape index (κ2) is 6.06. The number of hydrogen-bond acceptors (Lipinski definition) is 4. The van der Waals surface area contributed by atoms with Crippen LogP contribution in [0.4, 0.5) is 11.4 Å². The molecular weight excluding hydrogens is 234 g/mol. The molecule has 0 bridgehead atoms. The number of benzene rings is 1. The van der Waals surface area contributed by atoms with Gasteiger partial charge in [0.15, 0.2) is 0 Å². The van der Waals surface area contributed by atoms with E-state index >= 15 is 0 Å². The van der Waals surface area contributed by atoms with Crippen LogP contribution in [0.25, 0.3) is 0 Å². The average molecular weight is 245 g/mol. The largest absolute Gasteiger partial charge is 0.478 e. The van der Waals surface area contributed by atoms with Crippen molar-refractivity contribution in [1.29, 1.82) is 5.26 Å². The molecule has 0 radical (unpaired) electrons. The zero-order valence-corrected chi connectivity index (χ0v) is 9.60. The van der Waals surface area contributed by atoms with Gasteiger partial charge in [-0.1, -0.05) is 0 Å². The molecule has 0 spiro atoms. The molecule has 3 N–H and O–H groups in total. The molecule has 18 heavy (non-hydrogen) atoms. The summed E-state index contributed by atoms with van der Waals surface area (Å²) < 4.78 is 0. The molecule has 6 nitrogen and oxygen atoms in total. The quantitative estimate of drug-likeness (QED) is 0.702. The van der Waals surface area contributed by atoms with E-state index in [-0.39, 0.29) is 11.5 Å². The van der Waals surface area contributed by atoms with Gasteiger partial charge in [-0.2, -0.15) is 5.26 Å². The number of amides is 1. The number of allylic oxidation sites excluding steroid dienone is 1. The van der Waals surface area contributed by atoms with Gasteiger partial charge in [0.05, 0.1) is 17.3 Å². The number of carbonyl (C=O) groups excluding carboxylic acids is 1. The lowest BCUT2D eigenvalue weighted by Gasteiger charge is -2.08. The summed E-state index contributed by atoms with van der Waals surface area (Å²) in [5.41, 5.74) is 0.738. The molecule has 0 aliphatic carbocycles. The lowest BCUT2D eigenvalue weighted by molar-refractivity contribution is -0.114. The lowest BCUT2D eigenvalue weighted by Crippen LogP contribution is -2.08. The highest BCUT2D eigenvalue weighted by Crippen LogP contribution is 2.20. The Kier molecular flexibility index (Phi) is 4.46. The van der Waals surface area contributed by atoms with Gasteiger partial charge in [0, 0.05) is 24.9 Å². The second-order valence-electron chi connectivity index (χ2n) is 3.35. The number of hydrogen-bond donors (Lipinski definition) is 3. The number of aromatic carboxylic acids is 1. The number of nitriles is 1. The Hall–Kier alpha value is -2.81. The topological polar surface area (TPSA) is 102 Å². The van der Waals surface area contributed by atoms with Crippen LogP contribution in [-0.2, 0) is 4.79 Å². The lowest BCUT2D eigenvalue weighted by atomic mass is 10.1. The molecule has 0 unspecified atom stereocenters. The van der Waals surface area contributed by atoms with E-state index in [0.29, 0.717) is 11.4 Å². The maximum atomic E-state index is 11.1. The molecule has 1 aromatic carbocycles. The fourth-order valence-electron chi connectivity index (χ4n) is 1.30. The van der Waals surface area contributed by atoms with Gasteiger partial charge in [0.25, 0.3) is 0 Å². The highest BCUT2D eigenvalue weighted by atomic mass is 16.4. The fraction of sp³-hybridized carbons (Fsp3) is 0.0833. The number of nitrogens with one attached hydrogen (secondary N) is 2. The van der Waals surface area contributed by atoms with Crippen LogP contribution >= 0.6 is 0 Å². The molecule has 0 saturated carbocycles. The molecule has 92 valence electrons. The standard InChI is InChI=1S/C12H11N3O3/c1-8(16)15-9-3-4-11(14-6-2-5-13)10(7-9)12(17)18/h2-4,6-7,14H,1H3,(H,15,16)(H,17,18). The van der Waals surface area contributed by atoms with Crippen molar-refractivity contribution in [3.63, 3.8) is 0 Å². The van der Waals surface area contributed by atoms with E-state index in [2.05, 4.69) is 10.6 Å². The van der Waals surface area contributed by atoms with Gasteiger partial charge in [-0.05, 0) is 18.2 Å². The van der Waals surface area contributed by atoms with Crippen molar-refractivity contribution in [1.82, 2.24) is 0 Å². The van der Waals surface area contributed by atoms with Gasteiger partial charge >= 0.3 is 5.97 Å². The van der Waals surface area contributed by atoms with Gasteiger partial charge < -0.3 is 15.7 Å². The van der Waals surface area contributed by atoms with Crippen molar-refractivity contribution in [2.24, 2.45) is 0 Å². The minimum Gasteiger partial charge on any atom is -0.478 e. The molecular formula is C12H11N3O3. The number of anilines is 2. The Morgan fingerprint density at radius 2 is 2.17 bits per heavy atom. The Morgan fingerprint density at radius 1 is 1.44 bits per heavy atom.